The lowest BCUT2D eigenvalue weighted by Gasteiger charge is -2.27. The highest BCUT2D eigenvalue weighted by Gasteiger charge is 2.18. The smallest absolute Gasteiger partial charge is 0.325 e. The van der Waals surface area contributed by atoms with Gasteiger partial charge in [-0.15, -0.1) is 0 Å². The van der Waals surface area contributed by atoms with E-state index in [1.165, 1.54) is 11.3 Å². The zero-order chi connectivity index (χ0) is 22.6. The van der Waals surface area contributed by atoms with Gasteiger partial charge in [-0.1, -0.05) is 32.1 Å². The number of nitrogens with one attached hydrogen (secondary N) is 2. The van der Waals surface area contributed by atoms with Gasteiger partial charge in [-0.05, 0) is 18.2 Å². The van der Waals surface area contributed by atoms with E-state index in [4.69, 9.17) is 9.15 Å². The van der Waals surface area contributed by atoms with Crippen molar-refractivity contribution in [3.63, 3.8) is 0 Å². The molecule has 0 bridgehead atoms. The van der Waals surface area contributed by atoms with Gasteiger partial charge in [0.2, 0.25) is 5.89 Å². The Kier molecular flexibility index (Phi) is 6.52. The summed E-state index contributed by atoms with van der Waals surface area (Å²) in [5.41, 5.74) is 0.515. The number of aromatic nitrogens is 3. The van der Waals surface area contributed by atoms with Crippen molar-refractivity contribution in [2.24, 2.45) is 0 Å². The summed E-state index contributed by atoms with van der Waals surface area (Å²) < 4.78 is 11.1. The summed E-state index contributed by atoms with van der Waals surface area (Å²) in [6.07, 6.45) is 8.71. The molecule has 4 heterocycles. The zero-order valence-electron chi connectivity index (χ0n) is 18.3. The molecule has 32 heavy (non-hydrogen) atoms. The summed E-state index contributed by atoms with van der Waals surface area (Å²) in [6, 6.07) is 3.34. The first kappa shape index (κ1) is 22.0. The average molecular weight is 455 g/mol. The number of thiazole rings is 1. The number of nitrogens with zero attached hydrogens (tertiary/aromatic N) is 4. The highest BCUT2D eigenvalue weighted by Crippen LogP contribution is 2.25. The van der Waals surface area contributed by atoms with Crippen molar-refractivity contribution in [2.45, 2.75) is 26.2 Å². The number of pyridine rings is 1. The van der Waals surface area contributed by atoms with Crippen LogP contribution in [0.15, 0.2) is 35.1 Å². The van der Waals surface area contributed by atoms with Gasteiger partial charge in [-0.25, -0.2) is 19.7 Å². The van der Waals surface area contributed by atoms with Gasteiger partial charge in [0, 0.05) is 35.7 Å². The van der Waals surface area contributed by atoms with Crippen molar-refractivity contribution < 1.29 is 13.9 Å². The minimum Gasteiger partial charge on any atom is -0.441 e. The van der Waals surface area contributed by atoms with E-state index in [1.807, 2.05) is 18.2 Å². The van der Waals surface area contributed by atoms with Crippen LogP contribution in [0.25, 0.3) is 12.2 Å². The van der Waals surface area contributed by atoms with E-state index in [-0.39, 0.29) is 11.4 Å². The Balaban J connectivity index is 1.30. The first-order valence-electron chi connectivity index (χ1n) is 10.3. The fraction of sp³-hybridized carbons (Fsp3) is 0.364. The molecule has 0 radical (unpaired) electrons. The molecule has 4 rings (SSSR count). The number of carbonyl (C=O) groups excluding carboxylic acids is 1. The van der Waals surface area contributed by atoms with E-state index < -0.39 is 0 Å². The topological polar surface area (TPSA) is 105 Å². The van der Waals surface area contributed by atoms with Gasteiger partial charge in [-0.3, -0.25) is 5.32 Å². The molecule has 1 saturated heterocycles. The number of oxazole rings is 1. The van der Waals surface area contributed by atoms with Crippen LogP contribution in [-0.2, 0) is 10.2 Å². The number of anilines is 3. The maximum absolute atomic E-state index is 12.3. The molecule has 0 saturated carbocycles. The zero-order valence-corrected chi connectivity index (χ0v) is 19.1. The molecule has 3 aromatic rings. The molecule has 168 valence electrons. The Morgan fingerprint density at radius 1 is 1.06 bits per heavy atom. The molecule has 0 atom stereocenters. The molecule has 2 amide bonds. The van der Waals surface area contributed by atoms with Gasteiger partial charge in [-0.2, -0.15) is 0 Å². The molecule has 0 spiro atoms. The highest BCUT2D eigenvalue weighted by atomic mass is 32.1. The van der Waals surface area contributed by atoms with Crippen LogP contribution in [0.2, 0.25) is 0 Å². The van der Waals surface area contributed by atoms with Crippen molar-refractivity contribution in [3.05, 3.63) is 47.3 Å². The standard InChI is InChI=1S/C22H26N6O3S/c1-22(2,3)17-14-24-19(31-17)7-5-16-13-25-21(32-16)27-20(29)26-15-4-6-18(23-12-15)28-8-10-30-11-9-28/h4-7,12-14H,8-11H2,1-3H3,(H2,25,26,27,29). The van der Waals surface area contributed by atoms with Crippen LogP contribution in [0.4, 0.5) is 21.4 Å². The van der Waals surface area contributed by atoms with Crippen molar-refractivity contribution >= 4 is 46.2 Å². The number of amides is 2. The third kappa shape index (κ3) is 5.71. The van der Waals surface area contributed by atoms with Gasteiger partial charge < -0.3 is 19.4 Å². The summed E-state index contributed by atoms with van der Waals surface area (Å²) in [5.74, 6) is 2.23. The van der Waals surface area contributed by atoms with Crippen molar-refractivity contribution in [1.82, 2.24) is 15.0 Å². The minimum atomic E-state index is -0.377. The van der Waals surface area contributed by atoms with Crippen LogP contribution in [0.3, 0.4) is 0 Å². The van der Waals surface area contributed by atoms with Crippen LogP contribution in [0.5, 0.6) is 0 Å². The number of rotatable bonds is 5. The van der Waals surface area contributed by atoms with Crippen molar-refractivity contribution in [2.75, 3.05) is 41.8 Å². The first-order chi connectivity index (χ1) is 15.4. The molecule has 1 fully saturated rings. The first-order valence-corrected chi connectivity index (χ1v) is 11.2. The third-order valence-electron chi connectivity index (χ3n) is 4.74. The Bertz CT molecular complexity index is 1080. The van der Waals surface area contributed by atoms with E-state index >= 15 is 0 Å². The fourth-order valence-corrected chi connectivity index (χ4v) is 3.70. The third-order valence-corrected chi connectivity index (χ3v) is 5.62. The number of ether oxygens (including phenoxy) is 1. The van der Waals surface area contributed by atoms with Crippen LogP contribution in [0, 0.1) is 0 Å². The number of urea groups is 1. The van der Waals surface area contributed by atoms with Crippen LogP contribution >= 0.6 is 11.3 Å². The Morgan fingerprint density at radius 2 is 1.88 bits per heavy atom. The minimum absolute atomic E-state index is 0.0909. The van der Waals surface area contributed by atoms with Crippen molar-refractivity contribution in [1.29, 1.82) is 0 Å². The van der Waals surface area contributed by atoms with E-state index in [9.17, 15) is 4.79 Å². The quantitative estimate of drug-likeness (QED) is 0.586. The molecule has 3 aromatic heterocycles. The average Bonchev–Trinajstić information content (AvgIpc) is 3.43. The van der Waals surface area contributed by atoms with Gasteiger partial charge in [0.1, 0.15) is 11.6 Å². The second kappa shape index (κ2) is 9.49. The van der Waals surface area contributed by atoms with Crippen LogP contribution in [0.1, 0.15) is 37.3 Å². The van der Waals surface area contributed by atoms with Gasteiger partial charge in [0.25, 0.3) is 0 Å². The van der Waals surface area contributed by atoms with Crippen molar-refractivity contribution in [3.8, 4) is 0 Å². The SMILES string of the molecule is CC(C)(C)c1cnc(C=Cc2cnc(NC(=O)Nc3ccc(N4CCOCC4)nc3)s2)o1. The van der Waals surface area contributed by atoms with Crippen LogP contribution in [-0.4, -0.2) is 47.3 Å². The molecule has 10 heteroatoms. The van der Waals surface area contributed by atoms with Crippen LogP contribution < -0.4 is 15.5 Å². The Labute approximate surface area is 190 Å². The Hall–Kier alpha value is -3.24. The second-order valence-electron chi connectivity index (χ2n) is 8.30. The highest BCUT2D eigenvalue weighted by molar-refractivity contribution is 7.16. The molecule has 0 aromatic carbocycles. The number of hydrogen-bond donors (Lipinski definition) is 2. The van der Waals surface area contributed by atoms with E-state index in [0.717, 1.165) is 29.5 Å². The predicted octanol–water partition coefficient (Wildman–Crippen LogP) is 4.47. The summed E-state index contributed by atoms with van der Waals surface area (Å²) in [4.78, 5) is 28.3. The number of morpholine rings is 1. The van der Waals surface area contributed by atoms with E-state index in [2.05, 4.69) is 51.3 Å². The molecule has 2 N–H and O–H groups in total. The van der Waals surface area contributed by atoms with E-state index in [1.54, 1.807) is 24.7 Å². The predicted molar refractivity (Wildman–Crippen MR) is 126 cm³/mol. The maximum Gasteiger partial charge on any atom is 0.325 e. The summed E-state index contributed by atoms with van der Waals surface area (Å²) in [5, 5.41) is 6.00. The largest absolute Gasteiger partial charge is 0.441 e. The summed E-state index contributed by atoms with van der Waals surface area (Å²) in [6.45, 7) is 9.24. The molecule has 1 aliphatic rings. The van der Waals surface area contributed by atoms with E-state index in [0.29, 0.717) is 29.9 Å². The molecule has 1 aliphatic heterocycles. The molecule has 0 unspecified atom stereocenters. The number of carbonyl (C=O) groups is 1. The summed E-state index contributed by atoms with van der Waals surface area (Å²) in [7, 11) is 0. The second-order valence-corrected chi connectivity index (χ2v) is 9.36. The lowest BCUT2D eigenvalue weighted by Crippen LogP contribution is -2.36. The monoisotopic (exact) mass is 454 g/mol. The van der Waals surface area contributed by atoms with Gasteiger partial charge >= 0.3 is 6.03 Å². The van der Waals surface area contributed by atoms with Gasteiger partial charge in [0.15, 0.2) is 5.13 Å². The molecular formula is C22H26N6O3S. The molecule has 9 nitrogen and oxygen atoms in total. The Morgan fingerprint density at radius 3 is 2.56 bits per heavy atom. The molecular weight excluding hydrogens is 428 g/mol. The maximum atomic E-state index is 12.3. The number of hydrogen-bond acceptors (Lipinski definition) is 8. The normalized spacial score (nSPS) is 14.7. The summed E-state index contributed by atoms with van der Waals surface area (Å²) >= 11 is 1.35. The van der Waals surface area contributed by atoms with Gasteiger partial charge in [0.05, 0.1) is 31.3 Å². The molecule has 0 aliphatic carbocycles. The lowest BCUT2D eigenvalue weighted by atomic mass is 9.94. The fourth-order valence-electron chi connectivity index (χ4n) is 2.99. The lowest BCUT2D eigenvalue weighted by molar-refractivity contribution is 0.122.